The maximum atomic E-state index is 6.26. The largest absolute Gasteiger partial charge is 0.464 e. The Kier molecular flexibility index (Phi) is 4.56. The lowest BCUT2D eigenvalue weighted by Crippen LogP contribution is -2.03. The molecule has 30 heavy (non-hydrogen) atoms. The second kappa shape index (κ2) is 7.52. The van der Waals surface area contributed by atoms with Gasteiger partial charge in [0.2, 0.25) is 5.88 Å². The van der Waals surface area contributed by atoms with E-state index in [0.29, 0.717) is 5.88 Å². The van der Waals surface area contributed by atoms with Crippen molar-refractivity contribution in [3.8, 4) is 11.6 Å². The van der Waals surface area contributed by atoms with Crippen molar-refractivity contribution in [1.29, 1.82) is 0 Å². The first kappa shape index (κ1) is 18.2. The summed E-state index contributed by atoms with van der Waals surface area (Å²) in [4.78, 5) is 8.90. The summed E-state index contributed by atoms with van der Waals surface area (Å²) in [5, 5.41) is 2.99. The summed E-state index contributed by atoms with van der Waals surface area (Å²) < 4.78 is 13.9. The predicted molar refractivity (Wildman–Crippen MR) is 119 cm³/mol. The lowest BCUT2D eigenvalue weighted by atomic mass is 10.0. The number of furan rings is 1. The highest BCUT2D eigenvalue weighted by atomic mass is 16.5. The van der Waals surface area contributed by atoms with Crippen molar-refractivity contribution >= 4 is 27.4 Å². The first-order valence-corrected chi connectivity index (χ1v) is 10.0. The number of pyridine rings is 1. The van der Waals surface area contributed by atoms with Gasteiger partial charge in [0, 0.05) is 36.0 Å². The quantitative estimate of drug-likeness (QED) is 0.343. The van der Waals surface area contributed by atoms with Gasteiger partial charge >= 0.3 is 0 Å². The van der Waals surface area contributed by atoms with Crippen LogP contribution in [0, 0.1) is 0 Å². The van der Waals surface area contributed by atoms with Crippen LogP contribution in [-0.4, -0.2) is 14.5 Å². The molecule has 2 aromatic carbocycles. The second-order valence-corrected chi connectivity index (χ2v) is 6.95. The Morgan fingerprint density at radius 3 is 2.70 bits per heavy atom. The summed E-state index contributed by atoms with van der Waals surface area (Å²) in [5.41, 5.74) is 2.98. The van der Waals surface area contributed by atoms with Gasteiger partial charge in [0.05, 0.1) is 17.3 Å². The summed E-state index contributed by atoms with van der Waals surface area (Å²) in [6.07, 6.45) is 10.2. The van der Waals surface area contributed by atoms with Gasteiger partial charge in [0.25, 0.3) is 0 Å². The van der Waals surface area contributed by atoms with Gasteiger partial charge < -0.3 is 13.7 Å². The fraction of sp³-hybridized carbons (Fsp3) is 0.120. The molecule has 0 N–H and O–H groups in total. The number of ether oxygens (including phenoxy) is 1. The van der Waals surface area contributed by atoms with Gasteiger partial charge in [-0.15, -0.1) is 0 Å². The van der Waals surface area contributed by atoms with E-state index in [1.807, 2.05) is 42.7 Å². The number of fused-ring (bicyclic) bond motifs is 2. The van der Waals surface area contributed by atoms with Crippen LogP contribution in [0.3, 0.4) is 0 Å². The number of aromatic nitrogens is 3. The molecule has 0 saturated carbocycles. The molecule has 148 valence electrons. The van der Waals surface area contributed by atoms with Crippen LogP contribution in [0.5, 0.6) is 11.6 Å². The molecule has 0 amide bonds. The fourth-order valence-corrected chi connectivity index (χ4v) is 3.88. The van der Waals surface area contributed by atoms with E-state index in [-0.39, 0.29) is 0 Å². The zero-order valence-corrected chi connectivity index (χ0v) is 16.9. The van der Waals surface area contributed by atoms with Crippen molar-refractivity contribution in [2.75, 3.05) is 0 Å². The molecule has 0 aliphatic heterocycles. The number of hydrogen-bond donors (Lipinski definition) is 0. The Hall–Kier alpha value is -3.86. The highest BCUT2D eigenvalue weighted by Gasteiger charge is 2.15. The van der Waals surface area contributed by atoms with Gasteiger partial charge in [-0.2, -0.15) is 0 Å². The van der Waals surface area contributed by atoms with Crippen LogP contribution >= 0.6 is 0 Å². The molecule has 5 heteroatoms. The number of hydrogen-bond acceptors (Lipinski definition) is 4. The van der Waals surface area contributed by atoms with Crippen LogP contribution in [0.1, 0.15) is 25.2 Å². The van der Waals surface area contributed by atoms with E-state index in [1.54, 1.807) is 12.5 Å². The summed E-state index contributed by atoms with van der Waals surface area (Å²) in [6.45, 7) is 4.17. The summed E-state index contributed by atoms with van der Waals surface area (Å²) >= 11 is 0. The van der Waals surface area contributed by atoms with Gasteiger partial charge in [-0.25, -0.2) is 9.97 Å². The standard InChI is InChI=1S/C25H21N3O2/c1-3-21(28-15-14-26-24(28)4-2)18-9-10-23(19-8-6-5-7-17(18)19)30-25-20-12-16-29-22(20)11-13-27-25/h3,5-16H,4H2,1-2H3/b21-3-. The molecule has 0 bridgehead atoms. The lowest BCUT2D eigenvalue weighted by Gasteiger charge is -2.16. The highest BCUT2D eigenvalue weighted by molar-refractivity contribution is 5.98. The zero-order valence-electron chi connectivity index (χ0n) is 16.9. The SMILES string of the molecule is C/C=C(/c1ccc(Oc2nccc3occc23)c2ccccc12)n1ccnc1CC. The van der Waals surface area contributed by atoms with E-state index in [0.717, 1.165) is 51.0 Å². The molecule has 5 nitrogen and oxygen atoms in total. The van der Waals surface area contributed by atoms with E-state index in [2.05, 4.69) is 52.7 Å². The van der Waals surface area contributed by atoms with Crippen molar-refractivity contribution in [3.05, 3.63) is 90.8 Å². The normalized spacial score (nSPS) is 12.0. The van der Waals surface area contributed by atoms with E-state index >= 15 is 0 Å². The fourth-order valence-electron chi connectivity index (χ4n) is 3.88. The van der Waals surface area contributed by atoms with Crippen molar-refractivity contribution in [1.82, 2.24) is 14.5 Å². The molecule has 5 rings (SSSR count). The van der Waals surface area contributed by atoms with Crippen LogP contribution in [0.25, 0.3) is 27.4 Å². The van der Waals surface area contributed by atoms with Crippen LogP contribution in [-0.2, 0) is 6.42 Å². The molecule has 0 atom stereocenters. The summed E-state index contributed by atoms with van der Waals surface area (Å²) in [5.74, 6) is 2.32. The van der Waals surface area contributed by atoms with E-state index in [9.17, 15) is 0 Å². The van der Waals surface area contributed by atoms with Gasteiger partial charge in [-0.05, 0) is 36.6 Å². The van der Waals surface area contributed by atoms with Crippen LogP contribution < -0.4 is 4.74 Å². The second-order valence-electron chi connectivity index (χ2n) is 6.95. The lowest BCUT2D eigenvalue weighted by molar-refractivity contribution is 0.474. The Morgan fingerprint density at radius 2 is 1.87 bits per heavy atom. The minimum Gasteiger partial charge on any atom is -0.464 e. The summed E-state index contributed by atoms with van der Waals surface area (Å²) in [6, 6.07) is 16.1. The Balaban J connectivity index is 1.65. The van der Waals surface area contributed by atoms with Crippen molar-refractivity contribution in [3.63, 3.8) is 0 Å². The zero-order chi connectivity index (χ0) is 20.5. The Labute approximate surface area is 174 Å². The smallest absolute Gasteiger partial charge is 0.230 e. The highest BCUT2D eigenvalue weighted by Crippen LogP contribution is 2.36. The molecule has 0 unspecified atom stereocenters. The number of aryl methyl sites for hydroxylation is 1. The van der Waals surface area contributed by atoms with E-state index < -0.39 is 0 Å². The predicted octanol–water partition coefficient (Wildman–Crippen LogP) is 6.44. The number of imidazole rings is 1. The van der Waals surface area contributed by atoms with Gasteiger partial charge in [0.1, 0.15) is 17.2 Å². The minimum atomic E-state index is 0.535. The summed E-state index contributed by atoms with van der Waals surface area (Å²) in [7, 11) is 0. The van der Waals surface area contributed by atoms with E-state index in [1.165, 1.54) is 0 Å². The molecule has 3 heterocycles. The first-order chi connectivity index (χ1) is 14.8. The maximum Gasteiger partial charge on any atom is 0.230 e. The minimum absolute atomic E-state index is 0.535. The third kappa shape index (κ3) is 2.95. The molecule has 0 saturated heterocycles. The molecule has 0 spiro atoms. The molecule has 5 aromatic rings. The van der Waals surface area contributed by atoms with Crippen LogP contribution in [0.2, 0.25) is 0 Å². The first-order valence-electron chi connectivity index (χ1n) is 10.0. The molecule has 0 aliphatic rings. The molecular formula is C25H21N3O2. The molecular weight excluding hydrogens is 374 g/mol. The van der Waals surface area contributed by atoms with Gasteiger partial charge in [-0.3, -0.25) is 0 Å². The van der Waals surface area contributed by atoms with Gasteiger partial charge in [-0.1, -0.05) is 37.3 Å². The third-order valence-electron chi connectivity index (χ3n) is 5.28. The van der Waals surface area contributed by atoms with Crippen molar-refractivity contribution in [2.24, 2.45) is 0 Å². The number of allylic oxidation sites excluding steroid dienone is 1. The molecule has 0 radical (unpaired) electrons. The topological polar surface area (TPSA) is 53.1 Å². The third-order valence-corrected chi connectivity index (χ3v) is 5.28. The number of nitrogens with zero attached hydrogens (tertiary/aromatic N) is 3. The van der Waals surface area contributed by atoms with Crippen molar-refractivity contribution in [2.45, 2.75) is 20.3 Å². The average Bonchev–Trinajstić information content (AvgIpc) is 3.45. The van der Waals surface area contributed by atoms with Crippen LogP contribution in [0.15, 0.2) is 83.9 Å². The molecule has 3 aromatic heterocycles. The van der Waals surface area contributed by atoms with Gasteiger partial charge in [0.15, 0.2) is 0 Å². The molecule has 0 fully saturated rings. The van der Waals surface area contributed by atoms with Crippen molar-refractivity contribution < 1.29 is 9.15 Å². The van der Waals surface area contributed by atoms with Crippen LogP contribution in [0.4, 0.5) is 0 Å². The average molecular weight is 395 g/mol. The maximum absolute atomic E-state index is 6.26. The van der Waals surface area contributed by atoms with E-state index in [4.69, 9.17) is 9.15 Å². The number of benzene rings is 2. The molecule has 0 aliphatic carbocycles. The Bertz CT molecular complexity index is 1380. The number of rotatable bonds is 5. The monoisotopic (exact) mass is 395 g/mol. The Morgan fingerprint density at radius 1 is 1.00 bits per heavy atom.